The van der Waals surface area contributed by atoms with Crippen molar-refractivity contribution in [1.82, 2.24) is 0 Å². The van der Waals surface area contributed by atoms with Crippen LogP contribution in [0.15, 0.2) is 72.1 Å². The van der Waals surface area contributed by atoms with Crippen LogP contribution >= 0.6 is 12.6 Å². The maximum Gasteiger partial charge on any atom is 0.104 e. The molecule has 2 aliphatic heterocycles. The molecule has 2 unspecified atom stereocenters. The summed E-state index contributed by atoms with van der Waals surface area (Å²) in [6.07, 6.45) is 2.62. The van der Waals surface area contributed by atoms with Crippen LogP contribution in [0.25, 0.3) is 6.08 Å². The van der Waals surface area contributed by atoms with E-state index in [2.05, 4.69) is 19.2 Å². The van der Waals surface area contributed by atoms with Gasteiger partial charge in [0.1, 0.15) is 12.2 Å². The minimum absolute atomic E-state index is 0.392. The molecule has 2 heterocycles. The van der Waals surface area contributed by atoms with Crippen LogP contribution in [0.4, 0.5) is 0 Å². The van der Waals surface area contributed by atoms with Gasteiger partial charge in [0.25, 0.3) is 0 Å². The fraction of sp³-hybridized carbons (Fsp3) is 0.300. The van der Waals surface area contributed by atoms with E-state index in [9.17, 15) is 0 Å². The lowest BCUT2D eigenvalue weighted by Crippen LogP contribution is -2.06. The third-order valence-corrected chi connectivity index (χ3v) is 3.50. The van der Waals surface area contributed by atoms with Crippen molar-refractivity contribution in [2.45, 2.75) is 17.1 Å². The average molecular weight is 344 g/mol. The van der Waals surface area contributed by atoms with Crippen molar-refractivity contribution in [3.05, 3.63) is 72.8 Å². The Kier molecular flexibility index (Phi) is 8.63. The van der Waals surface area contributed by atoms with Crippen LogP contribution < -0.4 is 0 Å². The first kappa shape index (κ1) is 18.7. The van der Waals surface area contributed by atoms with Gasteiger partial charge in [0, 0.05) is 4.90 Å². The number of epoxide rings is 2. The zero-order valence-corrected chi connectivity index (χ0v) is 14.6. The normalized spacial score (nSPS) is 19.9. The van der Waals surface area contributed by atoms with Crippen molar-refractivity contribution >= 4 is 18.7 Å². The van der Waals surface area contributed by atoms with Crippen LogP contribution in [0, 0.1) is 0 Å². The summed E-state index contributed by atoms with van der Waals surface area (Å²) in [6, 6.07) is 19.8. The first-order valence-corrected chi connectivity index (χ1v) is 8.45. The highest BCUT2D eigenvalue weighted by Crippen LogP contribution is 2.12. The molecular weight excluding hydrogens is 320 g/mol. The second-order valence-corrected chi connectivity index (χ2v) is 5.91. The number of ether oxygens (including phenoxy) is 3. The van der Waals surface area contributed by atoms with Crippen LogP contribution in [0.1, 0.15) is 5.56 Å². The smallest absolute Gasteiger partial charge is 0.104 e. The van der Waals surface area contributed by atoms with Crippen LogP contribution in [0.2, 0.25) is 0 Å². The van der Waals surface area contributed by atoms with Crippen molar-refractivity contribution in [2.75, 3.05) is 26.4 Å². The molecule has 2 aliphatic rings. The van der Waals surface area contributed by atoms with Crippen LogP contribution in [0.5, 0.6) is 0 Å². The van der Waals surface area contributed by atoms with Gasteiger partial charge in [0.05, 0.1) is 26.4 Å². The molecule has 3 nitrogen and oxygen atoms in total. The third kappa shape index (κ3) is 9.53. The van der Waals surface area contributed by atoms with Crippen molar-refractivity contribution in [1.29, 1.82) is 0 Å². The van der Waals surface area contributed by atoms with Crippen molar-refractivity contribution in [2.24, 2.45) is 0 Å². The van der Waals surface area contributed by atoms with E-state index in [-0.39, 0.29) is 0 Å². The Morgan fingerprint density at radius 2 is 1.38 bits per heavy atom. The Morgan fingerprint density at radius 1 is 0.917 bits per heavy atom. The summed E-state index contributed by atoms with van der Waals surface area (Å²) < 4.78 is 15.1. The fourth-order valence-corrected chi connectivity index (χ4v) is 1.85. The first-order chi connectivity index (χ1) is 11.8. The minimum atomic E-state index is 0.392. The van der Waals surface area contributed by atoms with E-state index in [1.807, 2.05) is 66.7 Å². The van der Waals surface area contributed by atoms with Gasteiger partial charge in [0.15, 0.2) is 0 Å². The Morgan fingerprint density at radius 3 is 1.67 bits per heavy atom. The zero-order valence-electron chi connectivity index (χ0n) is 13.7. The molecular formula is C20H24O3S. The van der Waals surface area contributed by atoms with E-state index in [1.165, 1.54) is 5.56 Å². The maximum absolute atomic E-state index is 5.23. The number of benzene rings is 2. The predicted octanol–water partition coefficient (Wildman–Crippen LogP) is 4.11. The topological polar surface area (TPSA) is 34.3 Å². The third-order valence-electron chi connectivity index (χ3n) is 3.20. The Bertz CT molecular complexity index is 554. The molecule has 0 amide bonds. The monoisotopic (exact) mass is 344 g/mol. The highest BCUT2D eigenvalue weighted by Gasteiger charge is 2.26. The van der Waals surface area contributed by atoms with E-state index in [4.69, 9.17) is 14.2 Å². The molecule has 0 aliphatic carbocycles. The summed E-state index contributed by atoms with van der Waals surface area (Å²) in [5.41, 5.74) is 1.17. The molecule has 2 saturated heterocycles. The molecule has 4 heteroatoms. The van der Waals surface area contributed by atoms with Gasteiger partial charge in [-0.05, 0) is 17.7 Å². The van der Waals surface area contributed by atoms with Crippen molar-refractivity contribution in [3.63, 3.8) is 0 Å². The van der Waals surface area contributed by atoms with Crippen LogP contribution in [-0.4, -0.2) is 38.6 Å². The van der Waals surface area contributed by atoms with Gasteiger partial charge in [-0.15, -0.1) is 12.6 Å². The largest absolute Gasteiger partial charge is 0.376 e. The van der Waals surface area contributed by atoms with Gasteiger partial charge < -0.3 is 14.2 Å². The van der Waals surface area contributed by atoms with E-state index in [1.54, 1.807) is 0 Å². The number of rotatable bonds is 5. The van der Waals surface area contributed by atoms with Crippen molar-refractivity contribution in [3.8, 4) is 0 Å². The van der Waals surface area contributed by atoms with E-state index >= 15 is 0 Å². The van der Waals surface area contributed by atoms with Crippen molar-refractivity contribution < 1.29 is 14.2 Å². The highest BCUT2D eigenvalue weighted by atomic mass is 32.1. The maximum atomic E-state index is 5.23. The lowest BCUT2D eigenvalue weighted by Gasteiger charge is -1.95. The molecule has 4 rings (SSSR count). The quantitative estimate of drug-likeness (QED) is 0.655. The minimum Gasteiger partial charge on any atom is -0.376 e. The summed E-state index contributed by atoms with van der Waals surface area (Å²) >= 11 is 4.08. The SMILES string of the molecule is C(OCC1CO1)C1CO1.C=Cc1ccccc1.Sc1ccccc1. The highest BCUT2D eigenvalue weighted by molar-refractivity contribution is 7.80. The Balaban J connectivity index is 0.000000132. The number of hydrogen-bond acceptors (Lipinski definition) is 4. The summed E-state index contributed by atoms with van der Waals surface area (Å²) in [5, 5.41) is 0. The number of hydrogen-bond donors (Lipinski definition) is 1. The first-order valence-electron chi connectivity index (χ1n) is 8.00. The average Bonchev–Trinajstić information content (AvgIpc) is 3.53. The molecule has 0 saturated carbocycles. The predicted molar refractivity (Wildman–Crippen MR) is 101 cm³/mol. The lowest BCUT2D eigenvalue weighted by molar-refractivity contribution is 0.102. The van der Waals surface area contributed by atoms with Crippen LogP contribution in [0.3, 0.4) is 0 Å². The summed E-state index contributed by atoms with van der Waals surface area (Å²) in [7, 11) is 0. The molecule has 0 N–H and O–H groups in total. The Labute approximate surface area is 149 Å². The second kappa shape index (κ2) is 11.0. The summed E-state index contributed by atoms with van der Waals surface area (Å²) in [4.78, 5) is 1.02. The molecule has 24 heavy (non-hydrogen) atoms. The molecule has 128 valence electrons. The van der Waals surface area contributed by atoms with Gasteiger partial charge >= 0.3 is 0 Å². The zero-order chi connectivity index (χ0) is 17.0. The molecule has 0 spiro atoms. The van der Waals surface area contributed by atoms with Gasteiger partial charge in [0.2, 0.25) is 0 Å². The molecule has 2 aromatic carbocycles. The van der Waals surface area contributed by atoms with Gasteiger partial charge in [-0.1, -0.05) is 61.2 Å². The summed E-state index contributed by atoms with van der Waals surface area (Å²) in [5.74, 6) is 0. The standard InChI is InChI=1S/C8H8.C6H10O3.C6H6S/c1-2-8-6-4-3-5-7-8;1(5-3-8-5)7-2-6-4-9-6;7-6-4-2-1-3-5-6/h2-7H,1H2;5-6H,1-4H2;1-5,7H. The van der Waals surface area contributed by atoms with Gasteiger partial charge in [-0.3, -0.25) is 0 Å². The molecule has 2 aromatic rings. The van der Waals surface area contributed by atoms with E-state index < -0.39 is 0 Å². The second-order valence-electron chi connectivity index (χ2n) is 5.40. The molecule has 2 fully saturated rings. The molecule has 0 bridgehead atoms. The molecule has 2 atom stereocenters. The lowest BCUT2D eigenvalue weighted by atomic mass is 10.2. The fourth-order valence-electron chi connectivity index (χ4n) is 1.68. The van der Waals surface area contributed by atoms with E-state index in [0.29, 0.717) is 12.2 Å². The molecule has 0 aromatic heterocycles. The number of thiol groups is 1. The summed E-state index contributed by atoms with van der Waals surface area (Å²) in [6.45, 7) is 6.89. The van der Waals surface area contributed by atoms with Gasteiger partial charge in [-0.25, -0.2) is 0 Å². The van der Waals surface area contributed by atoms with Gasteiger partial charge in [-0.2, -0.15) is 0 Å². The molecule has 0 radical (unpaired) electrons. The van der Waals surface area contributed by atoms with E-state index in [0.717, 1.165) is 31.3 Å². The Hall–Kier alpha value is -1.59. The van der Waals surface area contributed by atoms with Crippen LogP contribution in [-0.2, 0) is 14.2 Å².